The van der Waals surface area contributed by atoms with E-state index in [1.807, 2.05) is 25.3 Å². The highest BCUT2D eigenvalue weighted by Gasteiger charge is 2.28. The molecule has 6 heteroatoms. The average Bonchev–Trinajstić information content (AvgIpc) is 2.61. The van der Waals surface area contributed by atoms with Crippen LogP contribution in [0, 0.1) is 18.8 Å². The predicted molar refractivity (Wildman–Crippen MR) is 98.2 cm³/mol. The Morgan fingerprint density at radius 3 is 2.80 bits per heavy atom. The number of carbonyl (C=O) groups is 2. The van der Waals surface area contributed by atoms with Crippen LogP contribution in [-0.4, -0.2) is 48.0 Å². The number of amides is 3. The van der Waals surface area contributed by atoms with E-state index in [1.54, 1.807) is 4.90 Å². The molecule has 2 N–H and O–H groups in total. The van der Waals surface area contributed by atoms with Crippen molar-refractivity contribution in [3.05, 3.63) is 29.6 Å². The topological polar surface area (TPSA) is 74.3 Å². The van der Waals surface area contributed by atoms with Gasteiger partial charge in [-0.3, -0.25) is 9.78 Å². The number of carbonyl (C=O) groups excluding carboxylic acids is 2. The van der Waals surface area contributed by atoms with Crippen molar-refractivity contribution in [2.45, 2.75) is 40.0 Å². The van der Waals surface area contributed by atoms with Crippen molar-refractivity contribution in [1.82, 2.24) is 20.5 Å². The number of rotatable bonds is 6. The minimum atomic E-state index is -0.116. The Morgan fingerprint density at radius 2 is 2.12 bits per heavy atom. The van der Waals surface area contributed by atoms with Crippen molar-refractivity contribution in [3.8, 4) is 0 Å². The molecule has 0 spiro atoms. The number of hydrogen-bond acceptors (Lipinski definition) is 3. The summed E-state index contributed by atoms with van der Waals surface area (Å²) in [5.74, 6) is 0.347. The monoisotopic (exact) mass is 346 g/mol. The third-order valence-corrected chi connectivity index (χ3v) is 4.43. The van der Waals surface area contributed by atoms with Crippen LogP contribution in [0.5, 0.6) is 0 Å². The van der Waals surface area contributed by atoms with Crippen molar-refractivity contribution < 1.29 is 9.59 Å². The molecule has 3 amide bonds. The lowest BCUT2D eigenvalue weighted by molar-refractivity contribution is -0.126. The summed E-state index contributed by atoms with van der Waals surface area (Å²) in [6.07, 6.45) is 4.33. The largest absolute Gasteiger partial charge is 0.355 e. The number of aromatic nitrogens is 1. The van der Waals surface area contributed by atoms with E-state index < -0.39 is 0 Å². The first-order valence-electron chi connectivity index (χ1n) is 9.17. The highest BCUT2D eigenvalue weighted by atomic mass is 16.2. The average molecular weight is 346 g/mol. The summed E-state index contributed by atoms with van der Waals surface area (Å²) >= 11 is 0. The number of urea groups is 1. The summed E-state index contributed by atoms with van der Waals surface area (Å²) in [7, 11) is 0. The molecule has 0 bridgehead atoms. The molecule has 2 heterocycles. The van der Waals surface area contributed by atoms with Gasteiger partial charge < -0.3 is 15.5 Å². The number of hydrogen-bond donors (Lipinski definition) is 2. The Labute approximate surface area is 150 Å². The van der Waals surface area contributed by atoms with Gasteiger partial charge in [-0.25, -0.2) is 4.79 Å². The Bertz CT molecular complexity index is 571. The SMILES string of the molecule is Cc1ccc(CCNC(=O)[C@@H]2CCCN(C(=O)NCC(C)C)C2)cn1. The number of nitrogens with zero attached hydrogens (tertiary/aromatic N) is 2. The highest BCUT2D eigenvalue weighted by molar-refractivity contribution is 5.80. The number of pyridine rings is 1. The van der Waals surface area contributed by atoms with Crippen LogP contribution in [-0.2, 0) is 11.2 Å². The standard InChI is InChI=1S/C19H30N4O2/c1-14(2)11-22-19(25)23-10-4-5-17(13-23)18(24)20-9-8-16-7-6-15(3)21-12-16/h6-7,12,14,17H,4-5,8-11,13H2,1-3H3,(H,20,24)(H,22,25)/t17-/m1/s1. The van der Waals surface area contributed by atoms with Crippen LogP contribution in [0.15, 0.2) is 18.3 Å². The maximum Gasteiger partial charge on any atom is 0.317 e. The Kier molecular flexibility index (Phi) is 7.22. The fourth-order valence-electron chi connectivity index (χ4n) is 2.90. The first-order chi connectivity index (χ1) is 12.0. The third kappa shape index (κ3) is 6.36. The number of likely N-dealkylation sites (tertiary alicyclic amines) is 1. The van der Waals surface area contributed by atoms with E-state index in [4.69, 9.17) is 0 Å². The minimum Gasteiger partial charge on any atom is -0.355 e. The minimum absolute atomic E-state index is 0.0430. The zero-order valence-corrected chi connectivity index (χ0v) is 15.5. The van der Waals surface area contributed by atoms with Crippen molar-refractivity contribution in [2.24, 2.45) is 11.8 Å². The normalized spacial score (nSPS) is 17.4. The summed E-state index contributed by atoms with van der Waals surface area (Å²) in [5.41, 5.74) is 2.11. The van der Waals surface area contributed by atoms with Gasteiger partial charge in [0, 0.05) is 38.1 Å². The lowest BCUT2D eigenvalue weighted by Crippen LogP contribution is -2.49. The number of piperidine rings is 1. The van der Waals surface area contributed by atoms with Crippen molar-refractivity contribution in [2.75, 3.05) is 26.2 Å². The van der Waals surface area contributed by atoms with Crippen LogP contribution >= 0.6 is 0 Å². The van der Waals surface area contributed by atoms with Gasteiger partial charge in [0.25, 0.3) is 0 Å². The van der Waals surface area contributed by atoms with Crippen LogP contribution in [0.3, 0.4) is 0 Å². The molecule has 25 heavy (non-hydrogen) atoms. The molecule has 0 saturated carbocycles. The summed E-state index contributed by atoms with van der Waals surface area (Å²) in [6, 6.07) is 3.96. The molecule has 1 atom stereocenters. The zero-order valence-electron chi connectivity index (χ0n) is 15.5. The first kappa shape index (κ1) is 19.2. The maximum atomic E-state index is 12.4. The predicted octanol–water partition coefficient (Wildman–Crippen LogP) is 2.13. The van der Waals surface area contributed by atoms with Crippen LogP contribution in [0.4, 0.5) is 4.79 Å². The van der Waals surface area contributed by atoms with Gasteiger partial charge in [-0.2, -0.15) is 0 Å². The van der Waals surface area contributed by atoms with Crippen LogP contribution in [0.25, 0.3) is 0 Å². The number of nitrogens with one attached hydrogen (secondary N) is 2. The van der Waals surface area contributed by atoms with E-state index in [-0.39, 0.29) is 17.9 Å². The van der Waals surface area contributed by atoms with E-state index in [0.717, 1.165) is 37.1 Å². The first-order valence-corrected chi connectivity index (χ1v) is 9.17. The second kappa shape index (κ2) is 9.39. The second-order valence-corrected chi connectivity index (χ2v) is 7.21. The van der Waals surface area contributed by atoms with Gasteiger partial charge in [0.2, 0.25) is 5.91 Å². The fourth-order valence-corrected chi connectivity index (χ4v) is 2.90. The molecule has 1 saturated heterocycles. The molecule has 2 rings (SSSR count). The quantitative estimate of drug-likeness (QED) is 0.829. The third-order valence-electron chi connectivity index (χ3n) is 4.43. The molecular weight excluding hydrogens is 316 g/mol. The van der Waals surface area contributed by atoms with E-state index in [1.165, 1.54) is 0 Å². The molecule has 138 valence electrons. The summed E-state index contributed by atoms with van der Waals surface area (Å²) in [5, 5.41) is 5.93. The van der Waals surface area contributed by atoms with Gasteiger partial charge in [-0.15, -0.1) is 0 Å². The Hall–Kier alpha value is -2.11. The van der Waals surface area contributed by atoms with E-state index >= 15 is 0 Å². The van der Waals surface area contributed by atoms with Crippen molar-refractivity contribution in [1.29, 1.82) is 0 Å². The van der Waals surface area contributed by atoms with E-state index in [2.05, 4.69) is 29.5 Å². The highest BCUT2D eigenvalue weighted by Crippen LogP contribution is 2.16. The van der Waals surface area contributed by atoms with Gasteiger partial charge in [0.15, 0.2) is 0 Å². The van der Waals surface area contributed by atoms with Gasteiger partial charge in [-0.1, -0.05) is 19.9 Å². The maximum absolute atomic E-state index is 12.4. The molecule has 1 aliphatic heterocycles. The summed E-state index contributed by atoms with van der Waals surface area (Å²) in [6.45, 7) is 8.57. The summed E-state index contributed by atoms with van der Waals surface area (Å²) in [4.78, 5) is 30.6. The molecule has 1 aromatic heterocycles. The van der Waals surface area contributed by atoms with Crippen molar-refractivity contribution in [3.63, 3.8) is 0 Å². The van der Waals surface area contributed by atoms with E-state index in [9.17, 15) is 9.59 Å². The molecule has 0 aromatic carbocycles. The zero-order chi connectivity index (χ0) is 18.2. The molecular formula is C19H30N4O2. The van der Waals surface area contributed by atoms with Gasteiger partial charge in [0.1, 0.15) is 0 Å². The fraction of sp³-hybridized carbons (Fsp3) is 0.632. The van der Waals surface area contributed by atoms with Gasteiger partial charge in [-0.05, 0) is 43.7 Å². The number of aryl methyl sites for hydroxylation is 1. The molecule has 0 radical (unpaired) electrons. The van der Waals surface area contributed by atoms with Gasteiger partial charge >= 0.3 is 6.03 Å². The van der Waals surface area contributed by atoms with Crippen LogP contribution < -0.4 is 10.6 Å². The lowest BCUT2D eigenvalue weighted by atomic mass is 9.97. The van der Waals surface area contributed by atoms with E-state index in [0.29, 0.717) is 25.6 Å². The smallest absolute Gasteiger partial charge is 0.317 e. The lowest BCUT2D eigenvalue weighted by Gasteiger charge is -2.32. The molecule has 0 unspecified atom stereocenters. The molecule has 0 aliphatic carbocycles. The van der Waals surface area contributed by atoms with Crippen molar-refractivity contribution >= 4 is 11.9 Å². The summed E-state index contributed by atoms with van der Waals surface area (Å²) < 4.78 is 0. The molecule has 1 aromatic rings. The Morgan fingerprint density at radius 1 is 1.32 bits per heavy atom. The molecule has 6 nitrogen and oxygen atoms in total. The Balaban J connectivity index is 1.75. The molecule has 1 fully saturated rings. The molecule has 1 aliphatic rings. The second-order valence-electron chi connectivity index (χ2n) is 7.21. The van der Waals surface area contributed by atoms with Crippen LogP contribution in [0.1, 0.15) is 37.9 Å². The van der Waals surface area contributed by atoms with Gasteiger partial charge in [0.05, 0.1) is 5.92 Å². The van der Waals surface area contributed by atoms with Crippen LogP contribution in [0.2, 0.25) is 0 Å².